The zero-order chi connectivity index (χ0) is 14.6. The third-order valence-corrected chi connectivity index (χ3v) is 5.15. The first kappa shape index (κ1) is 14.6. The predicted octanol–water partition coefficient (Wildman–Crippen LogP) is 2.16. The summed E-state index contributed by atoms with van der Waals surface area (Å²) in [5.74, 6) is 0.606. The average Bonchev–Trinajstić information content (AvgIpc) is 2.48. The first-order valence-corrected chi connectivity index (χ1v) is 7.70. The summed E-state index contributed by atoms with van der Waals surface area (Å²) in [6, 6.07) is 5.97. The van der Waals surface area contributed by atoms with E-state index in [1.165, 1.54) is 23.5 Å². The molecular formula is C12H16N4O3S. The Bertz CT molecular complexity index is 608. The molecule has 1 unspecified atom stereocenters. The van der Waals surface area contributed by atoms with E-state index in [0.717, 1.165) is 6.42 Å². The zero-order valence-corrected chi connectivity index (χ0v) is 12.0. The fourth-order valence-corrected chi connectivity index (χ4v) is 3.72. The molecule has 0 aromatic heterocycles. The lowest BCUT2D eigenvalue weighted by atomic mass is 10.1. The maximum absolute atomic E-state index is 12.5. The van der Waals surface area contributed by atoms with Crippen molar-refractivity contribution in [1.82, 2.24) is 4.31 Å². The smallest absolute Gasteiger partial charge is 0.243 e. The van der Waals surface area contributed by atoms with Crippen LogP contribution in [0, 0.1) is 0 Å². The van der Waals surface area contributed by atoms with Gasteiger partial charge in [-0.15, -0.1) is 0 Å². The molecule has 20 heavy (non-hydrogen) atoms. The molecule has 0 aliphatic carbocycles. The molecule has 108 valence electrons. The maximum atomic E-state index is 12.5. The van der Waals surface area contributed by atoms with Gasteiger partial charge in [0.2, 0.25) is 10.0 Å². The Balaban J connectivity index is 2.22. The second-order valence-electron chi connectivity index (χ2n) is 4.54. The lowest BCUT2D eigenvalue weighted by molar-refractivity contribution is 0.316. The van der Waals surface area contributed by atoms with Gasteiger partial charge in [-0.05, 0) is 42.6 Å². The van der Waals surface area contributed by atoms with Crippen LogP contribution in [0.3, 0.4) is 0 Å². The van der Waals surface area contributed by atoms with Crippen molar-refractivity contribution >= 4 is 10.0 Å². The van der Waals surface area contributed by atoms with Crippen LogP contribution in [-0.2, 0) is 10.0 Å². The van der Waals surface area contributed by atoms with Crippen LogP contribution in [0.15, 0.2) is 34.3 Å². The van der Waals surface area contributed by atoms with Crippen molar-refractivity contribution in [2.45, 2.75) is 23.8 Å². The molecule has 1 aliphatic heterocycles. The van der Waals surface area contributed by atoms with E-state index in [9.17, 15) is 8.42 Å². The summed E-state index contributed by atoms with van der Waals surface area (Å²) in [4.78, 5) is 2.98. The molecule has 0 N–H and O–H groups in total. The van der Waals surface area contributed by atoms with E-state index in [-0.39, 0.29) is 17.5 Å². The number of hydrogen-bond donors (Lipinski definition) is 0. The van der Waals surface area contributed by atoms with Gasteiger partial charge < -0.3 is 4.74 Å². The van der Waals surface area contributed by atoms with Gasteiger partial charge in [0.1, 0.15) is 5.75 Å². The molecule has 1 atom stereocenters. The van der Waals surface area contributed by atoms with Gasteiger partial charge in [0.25, 0.3) is 0 Å². The Hall–Kier alpha value is -1.76. The van der Waals surface area contributed by atoms with Gasteiger partial charge in [0, 0.05) is 18.0 Å². The van der Waals surface area contributed by atoms with Crippen molar-refractivity contribution in [3.05, 3.63) is 34.7 Å². The van der Waals surface area contributed by atoms with Crippen LogP contribution in [0.5, 0.6) is 5.75 Å². The van der Waals surface area contributed by atoms with Gasteiger partial charge in [0.15, 0.2) is 0 Å². The molecule has 1 fully saturated rings. The molecule has 8 heteroatoms. The first-order valence-electron chi connectivity index (χ1n) is 6.26. The maximum Gasteiger partial charge on any atom is 0.243 e. The highest BCUT2D eigenvalue weighted by Crippen LogP contribution is 2.23. The topological polar surface area (TPSA) is 95.4 Å². The number of azide groups is 1. The van der Waals surface area contributed by atoms with E-state index >= 15 is 0 Å². The second kappa shape index (κ2) is 6.13. The van der Waals surface area contributed by atoms with Gasteiger partial charge in [0.05, 0.1) is 18.0 Å². The van der Waals surface area contributed by atoms with Crippen LogP contribution in [-0.4, -0.2) is 39.0 Å². The number of ether oxygens (including phenoxy) is 1. The third kappa shape index (κ3) is 3.04. The van der Waals surface area contributed by atoms with E-state index in [4.69, 9.17) is 10.3 Å². The van der Waals surface area contributed by atoms with Crippen molar-refractivity contribution in [3.8, 4) is 5.75 Å². The fraction of sp³-hybridized carbons (Fsp3) is 0.500. The molecule has 1 heterocycles. The SMILES string of the molecule is COc1ccc(S(=O)(=O)N2CCCC(N=[N+]=[N-])C2)cc1. The molecule has 7 nitrogen and oxygen atoms in total. The standard InChI is InChI=1S/C12H16N4O3S/c1-19-11-4-6-12(7-5-11)20(17,18)16-8-2-3-10(9-16)14-15-13/h4-7,10H,2-3,8-9H2,1H3. The Morgan fingerprint density at radius 2 is 2.10 bits per heavy atom. The number of nitrogens with zero attached hydrogens (tertiary/aromatic N) is 4. The van der Waals surface area contributed by atoms with E-state index in [1.807, 2.05) is 0 Å². The third-order valence-electron chi connectivity index (χ3n) is 3.27. The highest BCUT2D eigenvalue weighted by molar-refractivity contribution is 7.89. The van der Waals surface area contributed by atoms with Gasteiger partial charge in [-0.3, -0.25) is 0 Å². The molecule has 0 amide bonds. The summed E-state index contributed by atoms with van der Waals surface area (Å²) in [6.07, 6.45) is 1.41. The summed E-state index contributed by atoms with van der Waals surface area (Å²) < 4.78 is 31.4. The Morgan fingerprint density at radius 1 is 1.40 bits per heavy atom. The largest absolute Gasteiger partial charge is 0.497 e. The molecule has 0 bridgehead atoms. The van der Waals surface area contributed by atoms with Crippen molar-refractivity contribution in [2.24, 2.45) is 5.11 Å². The number of benzene rings is 1. The predicted molar refractivity (Wildman–Crippen MR) is 73.9 cm³/mol. The number of piperidine rings is 1. The van der Waals surface area contributed by atoms with Crippen molar-refractivity contribution in [3.63, 3.8) is 0 Å². The summed E-state index contributed by atoms with van der Waals surface area (Å²) in [6.45, 7) is 0.685. The normalized spacial score (nSPS) is 20.1. The molecule has 1 aromatic carbocycles. The number of hydrogen-bond acceptors (Lipinski definition) is 4. The van der Waals surface area contributed by atoms with Gasteiger partial charge >= 0.3 is 0 Å². The zero-order valence-electron chi connectivity index (χ0n) is 11.1. The minimum atomic E-state index is -3.54. The van der Waals surface area contributed by atoms with Crippen LogP contribution in [0.2, 0.25) is 0 Å². The fourth-order valence-electron chi connectivity index (χ4n) is 2.20. The average molecular weight is 296 g/mol. The lowest BCUT2D eigenvalue weighted by Crippen LogP contribution is -2.41. The molecule has 1 saturated heterocycles. The summed E-state index contributed by atoms with van der Waals surface area (Å²) >= 11 is 0. The molecule has 1 aliphatic rings. The van der Waals surface area contributed by atoms with E-state index in [0.29, 0.717) is 18.7 Å². The summed E-state index contributed by atoms with van der Waals surface area (Å²) in [5.41, 5.74) is 8.46. The highest BCUT2D eigenvalue weighted by atomic mass is 32.2. The molecule has 0 spiro atoms. The lowest BCUT2D eigenvalue weighted by Gasteiger charge is -2.29. The van der Waals surface area contributed by atoms with Gasteiger partial charge in [-0.1, -0.05) is 5.11 Å². The molecule has 0 radical (unpaired) electrons. The van der Waals surface area contributed by atoms with Crippen LogP contribution >= 0.6 is 0 Å². The first-order chi connectivity index (χ1) is 9.57. The Morgan fingerprint density at radius 3 is 2.70 bits per heavy atom. The van der Waals surface area contributed by atoms with Crippen molar-refractivity contribution < 1.29 is 13.2 Å². The minimum Gasteiger partial charge on any atom is -0.497 e. The monoisotopic (exact) mass is 296 g/mol. The van der Waals surface area contributed by atoms with E-state index in [2.05, 4.69) is 10.0 Å². The number of sulfonamides is 1. The van der Waals surface area contributed by atoms with Crippen LogP contribution in [0.25, 0.3) is 10.4 Å². The second-order valence-corrected chi connectivity index (χ2v) is 6.48. The molecule has 1 aromatic rings. The van der Waals surface area contributed by atoms with Crippen LogP contribution in [0.1, 0.15) is 12.8 Å². The Kier molecular flexibility index (Phi) is 4.49. The van der Waals surface area contributed by atoms with Gasteiger partial charge in [-0.25, -0.2) is 8.42 Å². The quantitative estimate of drug-likeness (QED) is 0.484. The van der Waals surface area contributed by atoms with E-state index < -0.39 is 10.0 Å². The number of methoxy groups -OCH3 is 1. The Labute approximate surface area is 117 Å². The minimum absolute atomic E-state index is 0.222. The highest BCUT2D eigenvalue weighted by Gasteiger charge is 2.29. The molecule has 2 rings (SSSR count). The van der Waals surface area contributed by atoms with Crippen LogP contribution in [0.4, 0.5) is 0 Å². The summed E-state index contributed by atoms with van der Waals surface area (Å²) in [7, 11) is -2.02. The molecular weight excluding hydrogens is 280 g/mol. The van der Waals surface area contributed by atoms with E-state index in [1.54, 1.807) is 12.1 Å². The summed E-state index contributed by atoms with van der Waals surface area (Å²) in [5, 5.41) is 3.62. The van der Waals surface area contributed by atoms with Crippen molar-refractivity contribution in [1.29, 1.82) is 0 Å². The van der Waals surface area contributed by atoms with Gasteiger partial charge in [-0.2, -0.15) is 4.31 Å². The number of rotatable bonds is 4. The molecule has 0 saturated carbocycles. The van der Waals surface area contributed by atoms with Crippen LogP contribution < -0.4 is 4.74 Å². The van der Waals surface area contributed by atoms with Crippen molar-refractivity contribution in [2.75, 3.05) is 20.2 Å².